The van der Waals surface area contributed by atoms with E-state index < -0.39 is 34.5 Å². The van der Waals surface area contributed by atoms with Crippen LogP contribution in [0.15, 0.2) is 65.6 Å². The molecule has 0 unspecified atom stereocenters. The van der Waals surface area contributed by atoms with Crippen LogP contribution in [-0.2, 0) is 19.6 Å². The lowest BCUT2D eigenvalue weighted by atomic mass is 10.0. The zero-order valence-corrected chi connectivity index (χ0v) is 20.2. The monoisotopic (exact) mass is 494 g/mol. The summed E-state index contributed by atoms with van der Waals surface area (Å²) in [6.45, 7) is 2.93. The fourth-order valence-corrected chi connectivity index (χ4v) is 5.37. The number of rotatable bonds is 10. The largest absolute Gasteiger partial charge is 0.481 e. The maximum Gasteiger partial charge on any atom is 0.324 e. The van der Waals surface area contributed by atoms with Crippen LogP contribution in [0.2, 0.25) is 0 Å². The number of carbonyl (C=O) groups is 2. The summed E-state index contributed by atoms with van der Waals surface area (Å²) in [7, 11) is -4.20. The molecule has 0 heterocycles. The summed E-state index contributed by atoms with van der Waals surface area (Å²) in [5.41, 5.74) is 1.69. The molecule has 3 rings (SSSR count). The Balaban J connectivity index is 2.22. The predicted molar refractivity (Wildman–Crippen MR) is 135 cm³/mol. The molecule has 182 valence electrons. The first kappa shape index (κ1) is 25.6. The van der Waals surface area contributed by atoms with Crippen molar-refractivity contribution in [3.63, 3.8) is 0 Å². The molecule has 0 saturated heterocycles. The number of hydrogen-bond donors (Lipinski definition) is 2. The van der Waals surface area contributed by atoms with E-state index >= 15 is 0 Å². The number of hydrogen-bond acceptors (Lipinski definition) is 5. The van der Waals surface area contributed by atoms with E-state index in [0.717, 1.165) is 9.87 Å². The minimum atomic E-state index is -4.20. The summed E-state index contributed by atoms with van der Waals surface area (Å²) >= 11 is 0. The number of anilines is 2. The van der Waals surface area contributed by atoms with Gasteiger partial charge in [0.1, 0.15) is 6.54 Å². The zero-order chi connectivity index (χ0) is 25.8. The van der Waals surface area contributed by atoms with E-state index in [-0.39, 0.29) is 23.5 Å². The van der Waals surface area contributed by atoms with Crippen LogP contribution >= 0.6 is 0 Å². The fraction of sp³-hybridized carbons (Fsp3) is 0.231. The number of benzene rings is 3. The van der Waals surface area contributed by atoms with Crippen molar-refractivity contribution in [3.05, 3.63) is 66.2 Å². The number of fused-ring (bicyclic) bond motifs is 1. The molecule has 1 atom stereocenters. The van der Waals surface area contributed by atoms with Gasteiger partial charge in [-0.1, -0.05) is 47.9 Å². The van der Waals surface area contributed by atoms with Crippen LogP contribution in [0.4, 0.5) is 11.4 Å². The van der Waals surface area contributed by atoms with Crippen molar-refractivity contribution >= 4 is 44.1 Å². The Labute approximate surface area is 204 Å². The Morgan fingerprint density at radius 1 is 0.943 bits per heavy atom. The Bertz CT molecular complexity index is 1390. The van der Waals surface area contributed by atoms with Crippen LogP contribution in [0.5, 0.6) is 0 Å². The Morgan fingerprint density at radius 3 is 2.06 bits per heavy atom. The number of sulfonamides is 1. The number of aliphatic carboxylic acids is 2. The van der Waals surface area contributed by atoms with Gasteiger partial charge in [0, 0.05) is 22.5 Å². The molecule has 0 saturated carbocycles. The predicted octanol–water partition coefficient (Wildman–Crippen LogP) is 3.73. The highest BCUT2D eigenvalue weighted by molar-refractivity contribution is 7.92. The normalized spacial score (nSPS) is 12.0. The SMILES string of the molecule is C#CCN(c1ccc(N(CC(=O)O)S(=O)(=O)c2ccc(C)cc2)c2ccccc12)[C@@H](C)CC(=O)O. The fourth-order valence-electron chi connectivity index (χ4n) is 3.93. The Hall–Kier alpha value is -4.03. The molecule has 0 fully saturated rings. The van der Waals surface area contributed by atoms with Gasteiger partial charge in [-0.15, -0.1) is 6.42 Å². The number of nitrogens with zero attached hydrogens (tertiary/aromatic N) is 2. The smallest absolute Gasteiger partial charge is 0.324 e. The van der Waals surface area contributed by atoms with Gasteiger partial charge in [-0.3, -0.25) is 13.9 Å². The van der Waals surface area contributed by atoms with Crippen LogP contribution < -0.4 is 9.21 Å². The molecule has 0 spiro atoms. The highest BCUT2D eigenvalue weighted by atomic mass is 32.2. The molecule has 0 aliphatic rings. The van der Waals surface area contributed by atoms with Crippen LogP contribution in [0.1, 0.15) is 18.9 Å². The van der Waals surface area contributed by atoms with Crippen LogP contribution in [0.3, 0.4) is 0 Å². The Morgan fingerprint density at radius 2 is 1.51 bits per heavy atom. The third-order valence-corrected chi connectivity index (χ3v) is 7.38. The van der Waals surface area contributed by atoms with Gasteiger partial charge in [-0.25, -0.2) is 8.42 Å². The van der Waals surface area contributed by atoms with Gasteiger partial charge >= 0.3 is 11.9 Å². The molecule has 0 amide bonds. The maximum atomic E-state index is 13.5. The summed E-state index contributed by atoms with van der Waals surface area (Å²) < 4.78 is 27.9. The van der Waals surface area contributed by atoms with E-state index in [1.54, 1.807) is 54.3 Å². The van der Waals surface area contributed by atoms with E-state index in [1.807, 2.05) is 6.92 Å². The summed E-state index contributed by atoms with van der Waals surface area (Å²) in [6.07, 6.45) is 5.40. The highest BCUT2D eigenvalue weighted by Crippen LogP contribution is 2.37. The molecule has 0 radical (unpaired) electrons. The lowest BCUT2D eigenvalue weighted by molar-refractivity contribution is -0.137. The van der Waals surface area contributed by atoms with E-state index in [2.05, 4.69) is 5.92 Å². The number of carboxylic acid groups (broad SMARTS) is 2. The average Bonchev–Trinajstić information content (AvgIpc) is 2.80. The summed E-state index contributed by atoms with van der Waals surface area (Å²) in [5, 5.41) is 19.9. The molecule has 3 aromatic rings. The first-order chi connectivity index (χ1) is 16.6. The number of terminal acetylenes is 1. The summed E-state index contributed by atoms with van der Waals surface area (Å²) in [4.78, 5) is 24.8. The molecule has 0 bridgehead atoms. The summed E-state index contributed by atoms with van der Waals surface area (Å²) in [6, 6.07) is 15.9. The molecule has 9 heteroatoms. The topological polar surface area (TPSA) is 115 Å². The molecular formula is C26H26N2O6S. The van der Waals surface area contributed by atoms with Gasteiger partial charge < -0.3 is 15.1 Å². The number of aryl methyl sites for hydroxylation is 1. The van der Waals surface area contributed by atoms with Crippen LogP contribution in [0, 0.1) is 19.3 Å². The standard InChI is InChI=1S/C26H26N2O6S/c1-4-15-27(19(3)16-25(29)30)23-13-14-24(22-8-6-5-7-21(22)23)28(17-26(31)32)35(33,34)20-11-9-18(2)10-12-20/h1,5-14,19H,15-17H2,2-3H3,(H,29,30)(H,31,32)/t19-/m0/s1. The molecular weight excluding hydrogens is 468 g/mol. The first-order valence-electron chi connectivity index (χ1n) is 10.8. The first-order valence-corrected chi connectivity index (χ1v) is 12.2. The van der Waals surface area contributed by atoms with Gasteiger partial charge in [0.05, 0.1) is 23.5 Å². The lowest BCUT2D eigenvalue weighted by Gasteiger charge is -2.31. The second-order valence-electron chi connectivity index (χ2n) is 8.15. The highest BCUT2D eigenvalue weighted by Gasteiger charge is 2.29. The minimum Gasteiger partial charge on any atom is -0.481 e. The number of carboxylic acids is 2. The van der Waals surface area contributed by atoms with E-state index in [1.165, 1.54) is 18.2 Å². The molecule has 3 aromatic carbocycles. The van der Waals surface area contributed by atoms with Gasteiger partial charge in [0.15, 0.2) is 0 Å². The van der Waals surface area contributed by atoms with Gasteiger partial charge in [-0.2, -0.15) is 0 Å². The second kappa shape index (κ2) is 10.5. The van der Waals surface area contributed by atoms with Crippen molar-refractivity contribution in [2.75, 3.05) is 22.3 Å². The summed E-state index contributed by atoms with van der Waals surface area (Å²) in [5.74, 6) is 0.266. The molecule has 0 aromatic heterocycles. The third-order valence-electron chi connectivity index (χ3n) is 5.61. The Kier molecular flexibility index (Phi) is 7.67. The molecule has 0 aliphatic carbocycles. The van der Waals surface area contributed by atoms with E-state index in [0.29, 0.717) is 16.5 Å². The maximum absolute atomic E-state index is 13.5. The van der Waals surface area contributed by atoms with Crippen molar-refractivity contribution in [2.24, 2.45) is 0 Å². The molecule has 35 heavy (non-hydrogen) atoms. The molecule has 0 aliphatic heterocycles. The lowest BCUT2D eigenvalue weighted by Crippen LogP contribution is -2.37. The van der Waals surface area contributed by atoms with Crippen molar-refractivity contribution in [2.45, 2.75) is 31.2 Å². The molecule has 8 nitrogen and oxygen atoms in total. The van der Waals surface area contributed by atoms with Crippen molar-refractivity contribution in [1.82, 2.24) is 0 Å². The van der Waals surface area contributed by atoms with Crippen LogP contribution in [-0.4, -0.2) is 49.7 Å². The second-order valence-corrected chi connectivity index (χ2v) is 10.0. The van der Waals surface area contributed by atoms with Gasteiger partial charge in [-0.05, 0) is 38.1 Å². The van der Waals surface area contributed by atoms with Gasteiger partial charge in [0.2, 0.25) is 0 Å². The van der Waals surface area contributed by atoms with E-state index in [9.17, 15) is 28.2 Å². The average molecular weight is 495 g/mol. The van der Waals surface area contributed by atoms with Crippen molar-refractivity contribution < 1.29 is 28.2 Å². The minimum absolute atomic E-state index is 0.0263. The quantitative estimate of drug-likeness (QED) is 0.413. The zero-order valence-electron chi connectivity index (χ0n) is 19.4. The van der Waals surface area contributed by atoms with Gasteiger partial charge in [0.25, 0.3) is 10.0 Å². The molecule has 2 N–H and O–H groups in total. The van der Waals surface area contributed by atoms with E-state index in [4.69, 9.17) is 6.42 Å². The van der Waals surface area contributed by atoms with Crippen molar-refractivity contribution in [3.8, 4) is 12.3 Å². The van der Waals surface area contributed by atoms with Crippen LogP contribution in [0.25, 0.3) is 10.8 Å². The third kappa shape index (κ3) is 5.55. The van der Waals surface area contributed by atoms with Crippen molar-refractivity contribution in [1.29, 1.82) is 0 Å².